The van der Waals surface area contributed by atoms with E-state index in [4.69, 9.17) is 0 Å². The van der Waals surface area contributed by atoms with Crippen molar-refractivity contribution in [1.29, 1.82) is 0 Å². The average Bonchev–Trinajstić information content (AvgIpc) is 2.75. The Hall–Kier alpha value is -2.72. The highest BCUT2D eigenvalue weighted by atomic mass is 32.1. The monoisotopic (exact) mass is 419 g/mol. The second-order valence-corrected chi connectivity index (χ2v) is 8.30. The minimum absolute atomic E-state index is 0.0764. The van der Waals surface area contributed by atoms with E-state index in [0.717, 1.165) is 11.3 Å². The van der Waals surface area contributed by atoms with E-state index in [1.807, 2.05) is 29.2 Å². The lowest BCUT2D eigenvalue weighted by atomic mass is 9.85. The summed E-state index contributed by atoms with van der Waals surface area (Å²) >= 11 is 4.33. The number of carboxylic acids is 1. The van der Waals surface area contributed by atoms with Gasteiger partial charge in [-0.1, -0.05) is 86.6 Å². The van der Waals surface area contributed by atoms with Gasteiger partial charge in [0, 0.05) is 23.9 Å². The van der Waals surface area contributed by atoms with Crippen molar-refractivity contribution in [2.75, 3.05) is 17.2 Å². The molecular formula is C26H29NO2S. The Balaban J connectivity index is 2.09. The first-order valence-corrected chi connectivity index (χ1v) is 10.9. The van der Waals surface area contributed by atoms with E-state index in [1.54, 1.807) is 0 Å². The van der Waals surface area contributed by atoms with Crippen molar-refractivity contribution in [3.05, 3.63) is 102 Å². The molecule has 3 aromatic rings. The molecule has 3 nitrogen and oxygen atoms in total. The molecule has 0 saturated heterocycles. The van der Waals surface area contributed by atoms with Crippen molar-refractivity contribution in [1.82, 2.24) is 0 Å². The molecule has 3 aromatic carbocycles. The molecule has 0 aliphatic carbocycles. The fourth-order valence-electron chi connectivity index (χ4n) is 3.87. The second-order valence-electron chi connectivity index (χ2n) is 7.93. The summed E-state index contributed by atoms with van der Waals surface area (Å²) in [7, 11) is 0. The molecule has 0 aliphatic heterocycles. The number of carbonyl (C=O) groups is 1. The van der Waals surface area contributed by atoms with Gasteiger partial charge < -0.3 is 10.0 Å². The van der Waals surface area contributed by atoms with Crippen LogP contribution in [-0.2, 0) is 4.79 Å². The Kier molecular flexibility index (Phi) is 7.58. The van der Waals surface area contributed by atoms with E-state index in [2.05, 4.69) is 87.1 Å². The van der Waals surface area contributed by atoms with Crippen LogP contribution in [-0.4, -0.2) is 29.4 Å². The summed E-state index contributed by atoms with van der Waals surface area (Å²) in [6.07, 6.45) is 0. The Morgan fingerprint density at radius 1 is 0.867 bits per heavy atom. The first kappa shape index (κ1) is 22.0. The number of hydrogen-bond acceptors (Lipinski definition) is 3. The van der Waals surface area contributed by atoms with Crippen molar-refractivity contribution in [2.24, 2.45) is 5.92 Å². The van der Waals surface area contributed by atoms with Gasteiger partial charge in [0.2, 0.25) is 0 Å². The largest absolute Gasteiger partial charge is 0.480 e. The molecule has 1 N–H and O–H groups in total. The van der Waals surface area contributed by atoms with Gasteiger partial charge in [0.1, 0.15) is 6.04 Å². The normalized spacial score (nSPS) is 12.2. The molecule has 0 heterocycles. The number of hydrogen-bond donors (Lipinski definition) is 2. The van der Waals surface area contributed by atoms with Gasteiger partial charge in [0.15, 0.2) is 0 Å². The minimum Gasteiger partial charge on any atom is -0.480 e. The molecule has 3 rings (SSSR count). The second kappa shape index (κ2) is 10.4. The molecule has 0 radical (unpaired) electrons. The topological polar surface area (TPSA) is 40.5 Å². The quantitative estimate of drug-likeness (QED) is 0.345. The highest BCUT2D eigenvalue weighted by Crippen LogP contribution is 2.34. The molecule has 30 heavy (non-hydrogen) atoms. The minimum atomic E-state index is -0.848. The molecule has 156 valence electrons. The SMILES string of the molecule is CC(C)CN(c1cccc(C(c2ccccc2)c2ccccc2)c1)[C@@H](CS)C(=O)O. The van der Waals surface area contributed by atoms with E-state index in [0.29, 0.717) is 12.5 Å². The predicted octanol–water partition coefficient (Wildman–Crippen LogP) is 5.71. The number of rotatable bonds is 9. The first-order chi connectivity index (χ1) is 14.5. The highest BCUT2D eigenvalue weighted by Gasteiger charge is 2.26. The number of thiol groups is 1. The molecule has 0 aliphatic rings. The van der Waals surface area contributed by atoms with Crippen LogP contribution < -0.4 is 4.90 Å². The van der Waals surface area contributed by atoms with Crippen LogP contribution in [0, 0.1) is 5.92 Å². The van der Waals surface area contributed by atoms with Crippen molar-refractivity contribution in [3.63, 3.8) is 0 Å². The Bertz CT molecular complexity index is 904. The number of anilines is 1. The number of carboxylic acid groups (broad SMARTS) is 1. The molecule has 4 heteroatoms. The van der Waals surface area contributed by atoms with E-state index in [-0.39, 0.29) is 11.7 Å². The standard InChI is InChI=1S/C26H29NO2S/c1-19(2)17-27(24(18-30)26(28)29)23-15-9-14-22(16-23)25(20-10-5-3-6-11-20)21-12-7-4-8-13-21/h3-16,19,24-25,30H,17-18H2,1-2H3,(H,28,29)/t24-/m0/s1. The third-order valence-electron chi connectivity index (χ3n) is 5.20. The maximum Gasteiger partial charge on any atom is 0.327 e. The lowest BCUT2D eigenvalue weighted by Gasteiger charge is -2.32. The summed E-state index contributed by atoms with van der Waals surface area (Å²) in [4.78, 5) is 13.9. The van der Waals surface area contributed by atoms with Crippen LogP contribution in [0.1, 0.15) is 36.5 Å². The van der Waals surface area contributed by atoms with Crippen LogP contribution >= 0.6 is 12.6 Å². The van der Waals surface area contributed by atoms with Gasteiger partial charge in [0.25, 0.3) is 0 Å². The van der Waals surface area contributed by atoms with Crippen LogP contribution in [0.5, 0.6) is 0 Å². The molecular weight excluding hydrogens is 390 g/mol. The van der Waals surface area contributed by atoms with Gasteiger partial charge >= 0.3 is 5.97 Å². The van der Waals surface area contributed by atoms with Crippen molar-refractivity contribution < 1.29 is 9.90 Å². The Labute approximate surface area is 184 Å². The lowest BCUT2D eigenvalue weighted by Crippen LogP contribution is -2.44. The van der Waals surface area contributed by atoms with E-state index >= 15 is 0 Å². The zero-order valence-corrected chi connectivity index (χ0v) is 18.4. The summed E-state index contributed by atoms with van der Waals surface area (Å²) in [5.74, 6) is -0.187. The summed E-state index contributed by atoms with van der Waals surface area (Å²) in [5.41, 5.74) is 4.47. The van der Waals surface area contributed by atoms with Crippen molar-refractivity contribution in [2.45, 2.75) is 25.8 Å². The van der Waals surface area contributed by atoms with Gasteiger partial charge in [-0.3, -0.25) is 0 Å². The fraction of sp³-hybridized carbons (Fsp3) is 0.269. The first-order valence-electron chi connectivity index (χ1n) is 10.3. The zero-order chi connectivity index (χ0) is 21.5. The third kappa shape index (κ3) is 5.25. The lowest BCUT2D eigenvalue weighted by molar-refractivity contribution is -0.138. The molecule has 0 spiro atoms. The number of nitrogens with zero attached hydrogens (tertiary/aromatic N) is 1. The van der Waals surface area contributed by atoms with Gasteiger partial charge in [-0.15, -0.1) is 0 Å². The number of benzene rings is 3. The molecule has 0 saturated carbocycles. The predicted molar refractivity (Wildman–Crippen MR) is 128 cm³/mol. The van der Waals surface area contributed by atoms with Crippen LogP contribution in [0.2, 0.25) is 0 Å². The average molecular weight is 420 g/mol. The van der Waals surface area contributed by atoms with Gasteiger partial charge in [0.05, 0.1) is 0 Å². The van der Waals surface area contributed by atoms with Gasteiger partial charge in [-0.05, 0) is 34.7 Å². The van der Waals surface area contributed by atoms with E-state index in [1.165, 1.54) is 11.1 Å². The summed E-state index contributed by atoms with van der Waals surface area (Å²) < 4.78 is 0. The summed E-state index contributed by atoms with van der Waals surface area (Å²) in [6.45, 7) is 4.86. The smallest absolute Gasteiger partial charge is 0.327 e. The molecule has 0 bridgehead atoms. The van der Waals surface area contributed by atoms with Crippen LogP contribution in [0.25, 0.3) is 0 Å². The maximum atomic E-state index is 11.9. The zero-order valence-electron chi connectivity index (χ0n) is 17.5. The van der Waals surface area contributed by atoms with Crippen LogP contribution in [0.15, 0.2) is 84.9 Å². The maximum absolute atomic E-state index is 11.9. The Morgan fingerprint density at radius 3 is 1.87 bits per heavy atom. The molecule has 0 fully saturated rings. The summed E-state index contributed by atoms with van der Waals surface area (Å²) in [5, 5.41) is 9.76. The Morgan fingerprint density at radius 2 is 1.40 bits per heavy atom. The highest BCUT2D eigenvalue weighted by molar-refractivity contribution is 7.80. The molecule has 0 unspecified atom stereocenters. The molecule has 0 amide bonds. The fourth-order valence-corrected chi connectivity index (χ4v) is 4.22. The molecule has 1 atom stereocenters. The van der Waals surface area contributed by atoms with Gasteiger partial charge in [-0.25, -0.2) is 4.79 Å². The van der Waals surface area contributed by atoms with Gasteiger partial charge in [-0.2, -0.15) is 12.6 Å². The van der Waals surface area contributed by atoms with Crippen molar-refractivity contribution >= 4 is 24.3 Å². The van der Waals surface area contributed by atoms with E-state index < -0.39 is 12.0 Å². The van der Waals surface area contributed by atoms with Crippen LogP contribution in [0.3, 0.4) is 0 Å². The molecule has 0 aromatic heterocycles. The summed E-state index contributed by atoms with van der Waals surface area (Å²) in [6, 6.07) is 28.5. The van der Waals surface area contributed by atoms with Crippen molar-refractivity contribution in [3.8, 4) is 0 Å². The third-order valence-corrected chi connectivity index (χ3v) is 5.54. The number of aliphatic carboxylic acids is 1. The van der Waals surface area contributed by atoms with E-state index in [9.17, 15) is 9.90 Å². The van der Waals surface area contributed by atoms with Crippen LogP contribution in [0.4, 0.5) is 5.69 Å².